The zero-order chi connectivity index (χ0) is 23.8. The quantitative estimate of drug-likeness (QED) is 0.670. The molecule has 2 aromatic heterocycles. The highest BCUT2D eigenvalue weighted by Gasteiger charge is 2.75. The summed E-state index contributed by atoms with van der Waals surface area (Å²) < 4.78 is 8.09. The fourth-order valence-corrected chi connectivity index (χ4v) is 6.71. The molecule has 1 aliphatic carbocycles. The van der Waals surface area contributed by atoms with Gasteiger partial charge in [-0.05, 0) is 37.3 Å². The fraction of sp³-hybridized carbons (Fsp3) is 0.667. The molecule has 2 aromatic rings. The van der Waals surface area contributed by atoms with Gasteiger partial charge in [-0.3, -0.25) is 9.59 Å². The van der Waals surface area contributed by atoms with Crippen LogP contribution in [0.2, 0.25) is 0 Å². The number of carboxylic acid groups (broad SMARTS) is 1. The van der Waals surface area contributed by atoms with Crippen molar-refractivity contribution in [2.45, 2.75) is 50.7 Å². The summed E-state index contributed by atoms with van der Waals surface area (Å²) in [6.45, 7) is 6.86. The molecule has 6 heterocycles. The average molecular weight is 470 g/mol. The molecule has 5 aliphatic rings. The Bertz CT molecular complexity index is 1180. The number of piperidine rings is 1. The molecule has 7 rings (SSSR count). The van der Waals surface area contributed by atoms with E-state index in [4.69, 9.17) is 14.8 Å². The first-order valence-electron chi connectivity index (χ1n) is 12.2. The minimum absolute atomic E-state index is 0.00800. The molecule has 1 amide bonds. The van der Waals surface area contributed by atoms with E-state index in [1.54, 1.807) is 4.90 Å². The molecule has 5 fully saturated rings. The van der Waals surface area contributed by atoms with Crippen LogP contribution in [0.3, 0.4) is 0 Å². The molecule has 2 bridgehead atoms. The predicted octanol–water partition coefficient (Wildman–Crippen LogP) is 1.18. The van der Waals surface area contributed by atoms with E-state index in [0.29, 0.717) is 37.7 Å². The maximum absolute atomic E-state index is 12.9. The van der Waals surface area contributed by atoms with Crippen LogP contribution in [0, 0.1) is 24.7 Å². The highest BCUT2D eigenvalue weighted by molar-refractivity contribution is 5.84. The molecule has 2 N–H and O–H groups in total. The lowest BCUT2D eigenvalue weighted by molar-refractivity contribution is -0.168. The molecule has 4 saturated heterocycles. The Morgan fingerprint density at radius 2 is 2.15 bits per heavy atom. The number of aromatic nitrogens is 3. The van der Waals surface area contributed by atoms with Crippen molar-refractivity contribution < 1.29 is 24.5 Å². The van der Waals surface area contributed by atoms with E-state index in [-0.39, 0.29) is 24.9 Å². The molecule has 5 unspecified atom stereocenters. The van der Waals surface area contributed by atoms with Gasteiger partial charge in [0.25, 0.3) is 0 Å². The molecule has 4 aliphatic heterocycles. The molecule has 0 spiro atoms. The smallest absolute Gasteiger partial charge is 0.307 e. The van der Waals surface area contributed by atoms with Crippen molar-refractivity contribution in [3.63, 3.8) is 0 Å². The van der Waals surface area contributed by atoms with E-state index in [0.717, 1.165) is 30.0 Å². The topological polar surface area (TPSA) is 121 Å². The number of hydrogen-bond donors (Lipinski definition) is 2. The van der Waals surface area contributed by atoms with Crippen molar-refractivity contribution in [3.8, 4) is 0 Å². The molecule has 10 heteroatoms. The third-order valence-electron chi connectivity index (χ3n) is 8.62. The van der Waals surface area contributed by atoms with Crippen LogP contribution in [0.25, 0.3) is 5.65 Å². The van der Waals surface area contributed by atoms with Gasteiger partial charge in [0.2, 0.25) is 5.91 Å². The maximum atomic E-state index is 12.9. The van der Waals surface area contributed by atoms with Crippen LogP contribution in [0.5, 0.6) is 0 Å². The first-order chi connectivity index (χ1) is 16.3. The Kier molecular flexibility index (Phi) is 4.73. The summed E-state index contributed by atoms with van der Waals surface area (Å²) in [5, 5.41) is 24.5. The molecular formula is C24H31N5O5. The molecule has 0 aromatic carbocycles. The van der Waals surface area contributed by atoms with Crippen molar-refractivity contribution in [1.82, 2.24) is 19.5 Å². The van der Waals surface area contributed by atoms with Crippen LogP contribution in [-0.4, -0.2) is 80.0 Å². The third-order valence-corrected chi connectivity index (χ3v) is 8.62. The van der Waals surface area contributed by atoms with Gasteiger partial charge in [0.15, 0.2) is 11.5 Å². The number of likely N-dealkylation sites (tertiary alicyclic amines) is 1. The van der Waals surface area contributed by atoms with Crippen LogP contribution in [0.4, 0.5) is 5.69 Å². The highest BCUT2D eigenvalue weighted by atomic mass is 16.5. The van der Waals surface area contributed by atoms with Crippen LogP contribution >= 0.6 is 0 Å². The lowest BCUT2D eigenvalue weighted by Crippen LogP contribution is -2.69. The van der Waals surface area contributed by atoms with E-state index in [1.807, 2.05) is 17.6 Å². The van der Waals surface area contributed by atoms with E-state index < -0.39 is 23.0 Å². The van der Waals surface area contributed by atoms with Crippen molar-refractivity contribution >= 4 is 23.2 Å². The summed E-state index contributed by atoms with van der Waals surface area (Å²) >= 11 is 0. The van der Waals surface area contributed by atoms with Crippen LogP contribution in [0.15, 0.2) is 12.3 Å². The van der Waals surface area contributed by atoms with Crippen molar-refractivity contribution in [2.24, 2.45) is 17.8 Å². The number of aliphatic carboxylic acids is 1. The normalized spacial score (nSPS) is 35.3. The van der Waals surface area contributed by atoms with Gasteiger partial charge in [-0.25, -0.2) is 9.50 Å². The molecule has 182 valence electrons. The lowest BCUT2D eigenvalue weighted by atomic mass is 9.57. The third kappa shape index (κ3) is 2.87. The van der Waals surface area contributed by atoms with Crippen LogP contribution in [-0.2, 0) is 19.9 Å². The number of aliphatic hydroxyl groups is 1. The number of ether oxygens (including phenoxy) is 1. The van der Waals surface area contributed by atoms with Crippen LogP contribution in [0.1, 0.15) is 44.0 Å². The summed E-state index contributed by atoms with van der Waals surface area (Å²) in [7, 11) is 0. The molecular weight excluding hydrogens is 438 g/mol. The second-order valence-corrected chi connectivity index (χ2v) is 10.7. The Labute approximate surface area is 197 Å². The number of anilines is 1. The van der Waals surface area contributed by atoms with Crippen molar-refractivity contribution in [2.75, 3.05) is 37.7 Å². The molecule has 34 heavy (non-hydrogen) atoms. The summed E-state index contributed by atoms with van der Waals surface area (Å²) in [4.78, 5) is 33.2. The lowest BCUT2D eigenvalue weighted by Gasteiger charge is -2.56. The Morgan fingerprint density at radius 3 is 2.82 bits per heavy atom. The van der Waals surface area contributed by atoms with Gasteiger partial charge < -0.3 is 24.7 Å². The molecule has 5 atom stereocenters. The minimum atomic E-state index is -0.929. The van der Waals surface area contributed by atoms with Gasteiger partial charge in [0, 0.05) is 38.4 Å². The number of pyridine rings is 1. The number of carbonyl (C=O) groups is 2. The molecule has 1 saturated carbocycles. The van der Waals surface area contributed by atoms with E-state index >= 15 is 0 Å². The Balaban J connectivity index is 1.30. The van der Waals surface area contributed by atoms with Crippen LogP contribution < -0.4 is 4.90 Å². The molecule has 10 nitrogen and oxygen atoms in total. The van der Waals surface area contributed by atoms with Crippen molar-refractivity contribution in [3.05, 3.63) is 23.7 Å². The first-order valence-corrected chi connectivity index (χ1v) is 12.2. The number of rotatable bonds is 5. The van der Waals surface area contributed by atoms with Gasteiger partial charge >= 0.3 is 5.97 Å². The predicted molar refractivity (Wildman–Crippen MR) is 121 cm³/mol. The second-order valence-electron chi connectivity index (χ2n) is 10.7. The summed E-state index contributed by atoms with van der Waals surface area (Å²) in [5.74, 6) is -0.883. The Morgan fingerprint density at radius 1 is 1.32 bits per heavy atom. The standard InChI is InChI=1S/C24H31N5O5/c1-14-3-5-27(9-14)17-7-15(2)20-25-22(26-29(20)10-17)24-12-23(13-34-24,18(24)11-30)28-6-4-16(21(32)33)8-19(28)31/h7,10,14,16,18,30H,3-6,8-9,11-13H2,1-2H3,(H,32,33). The number of hydrogen-bond acceptors (Lipinski definition) is 7. The van der Waals surface area contributed by atoms with Gasteiger partial charge in [0.05, 0.1) is 36.6 Å². The number of fused-ring (bicyclic) bond motifs is 2. The monoisotopic (exact) mass is 469 g/mol. The summed E-state index contributed by atoms with van der Waals surface area (Å²) in [6.07, 6.45) is 4.12. The number of nitrogens with zero attached hydrogens (tertiary/aromatic N) is 5. The van der Waals surface area contributed by atoms with E-state index in [2.05, 4.69) is 17.9 Å². The number of aryl methyl sites for hydroxylation is 1. The number of carboxylic acids is 1. The summed E-state index contributed by atoms with van der Waals surface area (Å²) in [5.41, 5.74) is 1.47. The Hall–Kier alpha value is -2.72. The average Bonchev–Trinajstić information content (AvgIpc) is 3.55. The number of aliphatic hydroxyl groups excluding tert-OH is 1. The van der Waals surface area contributed by atoms with Gasteiger partial charge in [-0.2, -0.15) is 0 Å². The molecule has 0 radical (unpaired) electrons. The van der Waals surface area contributed by atoms with Gasteiger partial charge in [-0.1, -0.05) is 6.92 Å². The zero-order valence-corrected chi connectivity index (χ0v) is 19.6. The first kappa shape index (κ1) is 21.8. The van der Waals surface area contributed by atoms with E-state index in [1.165, 1.54) is 6.42 Å². The second kappa shape index (κ2) is 7.39. The SMILES string of the molecule is Cc1cc(N2CCC(C)C2)cn2nc(C34CC(N5CCC(C(=O)O)CC5=O)(CO3)C4CO)nc12. The number of carbonyl (C=O) groups excluding carboxylic acids is 1. The maximum Gasteiger partial charge on any atom is 0.307 e. The number of amides is 1. The van der Waals surface area contributed by atoms with Gasteiger partial charge in [0.1, 0.15) is 5.60 Å². The largest absolute Gasteiger partial charge is 0.481 e. The summed E-state index contributed by atoms with van der Waals surface area (Å²) in [6, 6.07) is 2.15. The van der Waals surface area contributed by atoms with Gasteiger partial charge in [-0.15, -0.1) is 5.10 Å². The van der Waals surface area contributed by atoms with E-state index in [9.17, 15) is 19.8 Å². The minimum Gasteiger partial charge on any atom is -0.481 e. The zero-order valence-electron chi connectivity index (χ0n) is 19.6. The highest BCUT2D eigenvalue weighted by Crippen LogP contribution is 2.64. The van der Waals surface area contributed by atoms with Crippen molar-refractivity contribution in [1.29, 1.82) is 0 Å². The fourth-order valence-electron chi connectivity index (χ4n) is 6.71.